The predicted molar refractivity (Wildman–Crippen MR) is 70.4 cm³/mol. The molecule has 1 aliphatic rings. The third kappa shape index (κ3) is 3.51. The second kappa shape index (κ2) is 6.69. The van der Waals surface area contributed by atoms with Crippen LogP contribution in [-0.4, -0.2) is 53.8 Å². The minimum Gasteiger partial charge on any atom is -0.481 e. The Morgan fingerprint density at radius 2 is 2.14 bits per heavy atom. The summed E-state index contributed by atoms with van der Waals surface area (Å²) >= 11 is 0. The van der Waals surface area contributed by atoms with E-state index in [0.717, 1.165) is 17.0 Å². The topological polar surface area (TPSA) is 76.1 Å². The Balaban J connectivity index is 2.07. The molecule has 0 bridgehead atoms. The Morgan fingerprint density at radius 1 is 1.41 bits per heavy atom. The van der Waals surface area contributed by atoms with Gasteiger partial charge in [-0.05, 0) is 19.1 Å². The monoisotopic (exact) mass is 315 g/mol. The van der Waals surface area contributed by atoms with Gasteiger partial charge in [-0.25, -0.2) is 13.6 Å². The largest absolute Gasteiger partial charge is 0.481 e. The van der Waals surface area contributed by atoms with Gasteiger partial charge >= 0.3 is 5.97 Å². The number of benzene rings is 1. The normalized spacial score (nSPS) is 19.6. The molecular formula is C14H15F2NO5. The number of hydrogen-bond donors (Lipinski definition) is 1. The van der Waals surface area contributed by atoms with E-state index in [1.165, 1.54) is 13.0 Å². The maximum absolute atomic E-state index is 13.1. The summed E-state index contributed by atoms with van der Waals surface area (Å²) in [4.78, 5) is 24.6. The molecule has 1 aromatic carbocycles. The van der Waals surface area contributed by atoms with Crippen molar-refractivity contribution in [3.8, 4) is 5.75 Å². The first-order valence-electron chi connectivity index (χ1n) is 6.63. The van der Waals surface area contributed by atoms with Gasteiger partial charge in [0.1, 0.15) is 5.75 Å². The summed E-state index contributed by atoms with van der Waals surface area (Å²) in [5, 5.41) is 9.09. The maximum Gasteiger partial charge on any atom is 0.328 e. The Morgan fingerprint density at radius 3 is 2.77 bits per heavy atom. The van der Waals surface area contributed by atoms with Crippen molar-refractivity contribution >= 4 is 11.9 Å². The van der Waals surface area contributed by atoms with Crippen LogP contribution in [0.3, 0.4) is 0 Å². The van der Waals surface area contributed by atoms with Gasteiger partial charge in [-0.3, -0.25) is 4.79 Å². The molecule has 1 fully saturated rings. The van der Waals surface area contributed by atoms with Crippen LogP contribution in [0.1, 0.15) is 6.92 Å². The molecule has 1 N–H and O–H groups in total. The standard InChI is InChI=1S/C14H15F2NO5/c1-8(22-9-2-3-10(15)11(16)6-9)13(18)17-4-5-21-7-12(17)14(19)20/h2-3,6,8,12H,4-5,7H2,1H3,(H,19,20). The summed E-state index contributed by atoms with van der Waals surface area (Å²) in [5.74, 6) is -3.86. The van der Waals surface area contributed by atoms with E-state index in [1.54, 1.807) is 0 Å². The maximum atomic E-state index is 13.1. The van der Waals surface area contributed by atoms with Crippen molar-refractivity contribution in [1.82, 2.24) is 4.90 Å². The smallest absolute Gasteiger partial charge is 0.328 e. The molecule has 1 heterocycles. The van der Waals surface area contributed by atoms with Crippen LogP contribution in [-0.2, 0) is 14.3 Å². The quantitative estimate of drug-likeness (QED) is 0.898. The minimum atomic E-state index is -1.17. The van der Waals surface area contributed by atoms with E-state index in [1.807, 2.05) is 0 Å². The summed E-state index contributed by atoms with van der Waals surface area (Å²) in [6, 6.07) is 1.82. The van der Waals surface area contributed by atoms with Crippen LogP contribution < -0.4 is 4.74 Å². The first-order valence-corrected chi connectivity index (χ1v) is 6.63. The highest BCUT2D eigenvalue weighted by Crippen LogP contribution is 2.18. The van der Waals surface area contributed by atoms with Crippen molar-refractivity contribution in [1.29, 1.82) is 0 Å². The van der Waals surface area contributed by atoms with E-state index in [4.69, 9.17) is 14.6 Å². The summed E-state index contributed by atoms with van der Waals surface area (Å²) < 4.78 is 36.3. The molecule has 1 saturated heterocycles. The molecule has 2 rings (SSSR count). The van der Waals surface area contributed by atoms with E-state index in [2.05, 4.69) is 0 Å². The van der Waals surface area contributed by atoms with Gasteiger partial charge in [0.25, 0.3) is 5.91 Å². The Bertz CT molecular complexity index is 580. The van der Waals surface area contributed by atoms with Crippen molar-refractivity contribution in [2.24, 2.45) is 0 Å². The Labute approximate surface area is 125 Å². The van der Waals surface area contributed by atoms with E-state index < -0.39 is 35.7 Å². The molecule has 120 valence electrons. The first-order chi connectivity index (χ1) is 10.4. The lowest BCUT2D eigenvalue weighted by molar-refractivity contribution is -0.161. The van der Waals surface area contributed by atoms with E-state index in [-0.39, 0.29) is 25.5 Å². The van der Waals surface area contributed by atoms with Crippen molar-refractivity contribution < 1.29 is 33.0 Å². The van der Waals surface area contributed by atoms with Gasteiger partial charge in [0.15, 0.2) is 23.8 Å². The third-order valence-corrected chi connectivity index (χ3v) is 3.25. The zero-order chi connectivity index (χ0) is 16.3. The van der Waals surface area contributed by atoms with E-state index in [9.17, 15) is 18.4 Å². The number of nitrogens with zero attached hydrogens (tertiary/aromatic N) is 1. The fourth-order valence-electron chi connectivity index (χ4n) is 2.11. The van der Waals surface area contributed by atoms with Crippen LogP contribution in [0.2, 0.25) is 0 Å². The molecule has 1 amide bonds. The summed E-state index contributed by atoms with van der Waals surface area (Å²) in [7, 11) is 0. The number of carboxylic acids is 1. The molecule has 2 unspecified atom stereocenters. The summed E-state index contributed by atoms with van der Waals surface area (Å²) in [5.41, 5.74) is 0. The predicted octanol–water partition coefficient (Wildman–Crippen LogP) is 1.04. The molecule has 8 heteroatoms. The SMILES string of the molecule is CC(Oc1ccc(F)c(F)c1)C(=O)N1CCOCC1C(=O)O. The molecule has 6 nitrogen and oxygen atoms in total. The van der Waals surface area contributed by atoms with Crippen LogP contribution in [0.5, 0.6) is 5.75 Å². The zero-order valence-electron chi connectivity index (χ0n) is 11.8. The molecular weight excluding hydrogens is 300 g/mol. The number of carboxylic acid groups (broad SMARTS) is 1. The second-order valence-electron chi connectivity index (χ2n) is 4.80. The third-order valence-electron chi connectivity index (χ3n) is 3.25. The lowest BCUT2D eigenvalue weighted by Crippen LogP contribution is -2.55. The number of rotatable bonds is 4. The summed E-state index contributed by atoms with van der Waals surface area (Å²) in [6.07, 6.45) is -1.04. The summed E-state index contributed by atoms with van der Waals surface area (Å²) in [6.45, 7) is 1.67. The number of morpholine rings is 1. The molecule has 2 atom stereocenters. The number of carbonyl (C=O) groups is 2. The van der Waals surface area contributed by atoms with E-state index in [0.29, 0.717) is 0 Å². The highest BCUT2D eigenvalue weighted by molar-refractivity contribution is 5.86. The van der Waals surface area contributed by atoms with Crippen LogP contribution in [0, 0.1) is 11.6 Å². The average Bonchev–Trinajstić information content (AvgIpc) is 2.50. The second-order valence-corrected chi connectivity index (χ2v) is 4.80. The fraction of sp³-hybridized carbons (Fsp3) is 0.429. The molecule has 1 aromatic rings. The molecule has 0 aliphatic carbocycles. The first kappa shape index (κ1) is 16.2. The van der Waals surface area contributed by atoms with Crippen LogP contribution >= 0.6 is 0 Å². The number of hydrogen-bond acceptors (Lipinski definition) is 4. The number of ether oxygens (including phenoxy) is 2. The Kier molecular flexibility index (Phi) is 4.92. The molecule has 22 heavy (non-hydrogen) atoms. The van der Waals surface area contributed by atoms with Gasteiger partial charge in [-0.1, -0.05) is 0 Å². The molecule has 0 radical (unpaired) electrons. The van der Waals surface area contributed by atoms with Gasteiger partial charge in [0.2, 0.25) is 0 Å². The number of amides is 1. The van der Waals surface area contributed by atoms with Crippen molar-refractivity contribution in [2.75, 3.05) is 19.8 Å². The fourth-order valence-corrected chi connectivity index (χ4v) is 2.11. The van der Waals surface area contributed by atoms with Crippen molar-refractivity contribution in [3.63, 3.8) is 0 Å². The highest BCUT2D eigenvalue weighted by atomic mass is 19.2. The van der Waals surface area contributed by atoms with Gasteiger partial charge < -0.3 is 19.5 Å². The lowest BCUT2D eigenvalue weighted by atomic mass is 10.2. The van der Waals surface area contributed by atoms with Crippen molar-refractivity contribution in [3.05, 3.63) is 29.8 Å². The van der Waals surface area contributed by atoms with Gasteiger partial charge in [-0.2, -0.15) is 0 Å². The van der Waals surface area contributed by atoms with Gasteiger partial charge in [-0.15, -0.1) is 0 Å². The minimum absolute atomic E-state index is 0.0140. The molecule has 0 spiro atoms. The number of carbonyl (C=O) groups excluding carboxylic acids is 1. The lowest BCUT2D eigenvalue weighted by Gasteiger charge is -2.34. The van der Waals surface area contributed by atoms with Crippen molar-refractivity contribution in [2.45, 2.75) is 19.1 Å². The zero-order valence-corrected chi connectivity index (χ0v) is 11.8. The average molecular weight is 315 g/mol. The number of aliphatic carboxylic acids is 1. The van der Waals surface area contributed by atoms with Gasteiger partial charge in [0.05, 0.1) is 13.2 Å². The Hall–Kier alpha value is -2.22. The highest BCUT2D eigenvalue weighted by Gasteiger charge is 2.35. The van der Waals surface area contributed by atoms with Crippen LogP contribution in [0.15, 0.2) is 18.2 Å². The van der Waals surface area contributed by atoms with E-state index >= 15 is 0 Å². The number of halogens is 2. The van der Waals surface area contributed by atoms with Crippen LogP contribution in [0.25, 0.3) is 0 Å². The molecule has 0 aromatic heterocycles. The molecule has 0 saturated carbocycles. The van der Waals surface area contributed by atoms with Crippen LogP contribution in [0.4, 0.5) is 8.78 Å². The van der Waals surface area contributed by atoms with Gasteiger partial charge in [0, 0.05) is 12.6 Å². The molecule has 1 aliphatic heterocycles.